The van der Waals surface area contributed by atoms with Gasteiger partial charge in [0.2, 0.25) is 5.91 Å². The van der Waals surface area contributed by atoms with E-state index >= 15 is 0 Å². The van der Waals surface area contributed by atoms with E-state index < -0.39 is 0 Å². The van der Waals surface area contributed by atoms with Crippen LogP contribution in [0.5, 0.6) is 0 Å². The van der Waals surface area contributed by atoms with Crippen LogP contribution in [0.3, 0.4) is 0 Å². The fourth-order valence-corrected chi connectivity index (χ4v) is 2.82. The van der Waals surface area contributed by atoms with Crippen molar-refractivity contribution in [3.05, 3.63) is 12.4 Å². The third-order valence-electron chi connectivity index (χ3n) is 3.94. The minimum Gasteiger partial charge on any atom is -0.338 e. The Morgan fingerprint density at radius 3 is 2.59 bits per heavy atom. The van der Waals surface area contributed by atoms with Gasteiger partial charge in [-0.2, -0.15) is 0 Å². The molecule has 1 aliphatic heterocycles. The highest BCUT2D eigenvalue weighted by Crippen LogP contribution is 2.29. The molecule has 1 saturated carbocycles. The number of hydrogen-bond donors (Lipinski definition) is 0. The van der Waals surface area contributed by atoms with Crippen molar-refractivity contribution in [1.82, 2.24) is 19.9 Å². The molecule has 0 N–H and O–H groups in total. The Morgan fingerprint density at radius 1 is 1.18 bits per heavy atom. The minimum absolute atomic E-state index is 0.292. The summed E-state index contributed by atoms with van der Waals surface area (Å²) in [7, 11) is 0. The van der Waals surface area contributed by atoms with E-state index in [0.717, 1.165) is 25.9 Å². The monoisotopic (exact) mass is 234 g/mol. The topological polar surface area (TPSA) is 51.0 Å². The van der Waals surface area contributed by atoms with Crippen molar-refractivity contribution in [1.29, 1.82) is 0 Å². The van der Waals surface area contributed by atoms with Crippen LogP contribution < -0.4 is 0 Å². The number of likely N-dealkylation sites (tertiary alicyclic amines) is 1. The molecule has 1 amide bonds. The maximum atomic E-state index is 12.2. The van der Waals surface area contributed by atoms with E-state index in [1.165, 1.54) is 19.3 Å². The molecule has 2 fully saturated rings. The van der Waals surface area contributed by atoms with Crippen LogP contribution in [0.15, 0.2) is 12.4 Å². The Bertz CT molecular complexity index is 377. The van der Waals surface area contributed by atoms with Crippen LogP contribution >= 0.6 is 0 Å². The van der Waals surface area contributed by atoms with Gasteiger partial charge in [-0.1, -0.05) is 24.5 Å². The zero-order valence-electron chi connectivity index (χ0n) is 9.96. The number of amides is 1. The molecule has 5 heteroatoms. The van der Waals surface area contributed by atoms with Gasteiger partial charge in [-0.05, 0) is 12.8 Å². The molecule has 0 bridgehead atoms. The summed E-state index contributed by atoms with van der Waals surface area (Å²) in [6.45, 7) is 1.61. The van der Waals surface area contributed by atoms with E-state index in [1.807, 2.05) is 15.8 Å². The van der Waals surface area contributed by atoms with E-state index in [4.69, 9.17) is 0 Å². The Balaban J connectivity index is 1.53. The van der Waals surface area contributed by atoms with Crippen LogP contribution in [-0.4, -0.2) is 38.9 Å². The van der Waals surface area contributed by atoms with E-state index in [2.05, 4.69) is 10.3 Å². The third-order valence-corrected chi connectivity index (χ3v) is 3.94. The molecule has 2 aliphatic rings. The molecular formula is C12H18N4O. The summed E-state index contributed by atoms with van der Waals surface area (Å²) >= 11 is 0. The molecule has 0 radical (unpaired) electrons. The van der Waals surface area contributed by atoms with Gasteiger partial charge in [0.15, 0.2) is 0 Å². The highest BCUT2D eigenvalue weighted by atomic mass is 16.2. The van der Waals surface area contributed by atoms with Crippen LogP contribution in [0.2, 0.25) is 0 Å². The van der Waals surface area contributed by atoms with Crippen LogP contribution in [-0.2, 0) is 4.79 Å². The molecule has 3 rings (SSSR count). The van der Waals surface area contributed by atoms with Gasteiger partial charge in [0, 0.05) is 25.2 Å². The molecular weight excluding hydrogens is 216 g/mol. The smallest absolute Gasteiger partial charge is 0.225 e. The van der Waals surface area contributed by atoms with E-state index in [-0.39, 0.29) is 0 Å². The lowest BCUT2D eigenvalue weighted by Crippen LogP contribution is -2.53. The molecule has 92 valence electrons. The first-order valence-corrected chi connectivity index (χ1v) is 6.49. The van der Waals surface area contributed by atoms with E-state index in [9.17, 15) is 4.79 Å². The summed E-state index contributed by atoms with van der Waals surface area (Å²) in [4.78, 5) is 14.2. The second-order valence-corrected chi connectivity index (χ2v) is 5.12. The van der Waals surface area contributed by atoms with Crippen LogP contribution in [0, 0.1) is 5.92 Å². The average molecular weight is 234 g/mol. The molecule has 0 aromatic carbocycles. The van der Waals surface area contributed by atoms with Gasteiger partial charge in [-0.15, -0.1) is 5.10 Å². The summed E-state index contributed by atoms with van der Waals surface area (Å²) in [5.74, 6) is 0.654. The summed E-state index contributed by atoms with van der Waals surface area (Å²) in [6, 6.07) is 0.338. The van der Waals surface area contributed by atoms with Crippen molar-refractivity contribution in [2.45, 2.75) is 38.1 Å². The Labute approximate surface area is 101 Å². The lowest BCUT2D eigenvalue weighted by molar-refractivity contribution is -0.142. The van der Waals surface area contributed by atoms with Crippen LogP contribution in [0.25, 0.3) is 0 Å². The van der Waals surface area contributed by atoms with Gasteiger partial charge < -0.3 is 4.90 Å². The Hall–Kier alpha value is -1.39. The molecule has 1 aromatic rings. The molecule has 5 nitrogen and oxygen atoms in total. The highest BCUT2D eigenvalue weighted by molar-refractivity contribution is 5.79. The van der Waals surface area contributed by atoms with E-state index in [0.29, 0.717) is 17.9 Å². The number of rotatable bonds is 2. The molecule has 1 aliphatic carbocycles. The fraction of sp³-hybridized carbons (Fsp3) is 0.750. The average Bonchev–Trinajstić information content (AvgIpc) is 2.82. The van der Waals surface area contributed by atoms with Crippen molar-refractivity contribution in [2.75, 3.05) is 13.1 Å². The summed E-state index contributed by atoms with van der Waals surface area (Å²) in [5.41, 5.74) is 0. The van der Waals surface area contributed by atoms with Gasteiger partial charge in [0.25, 0.3) is 0 Å². The first kappa shape index (κ1) is 10.7. The lowest BCUT2D eigenvalue weighted by atomic mass is 9.87. The second-order valence-electron chi connectivity index (χ2n) is 5.12. The van der Waals surface area contributed by atoms with Crippen molar-refractivity contribution >= 4 is 5.91 Å². The molecule has 2 heterocycles. The fourth-order valence-electron chi connectivity index (χ4n) is 2.82. The SMILES string of the molecule is O=C(C1CCCCC1)N1CC(n2ccnn2)C1. The van der Waals surface area contributed by atoms with Crippen molar-refractivity contribution in [3.63, 3.8) is 0 Å². The second kappa shape index (κ2) is 4.47. The quantitative estimate of drug-likeness (QED) is 0.773. The normalized spacial score (nSPS) is 22.5. The summed E-state index contributed by atoms with van der Waals surface area (Å²) in [5, 5.41) is 7.77. The van der Waals surface area contributed by atoms with Crippen molar-refractivity contribution in [3.8, 4) is 0 Å². The van der Waals surface area contributed by atoms with E-state index in [1.54, 1.807) is 6.20 Å². The van der Waals surface area contributed by atoms with Crippen LogP contribution in [0.4, 0.5) is 0 Å². The molecule has 0 spiro atoms. The lowest BCUT2D eigenvalue weighted by Gasteiger charge is -2.41. The third kappa shape index (κ3) is 2.06. The molecule has 1 aromatic heterocycles. The predicted molar refractivity (Wildman–Crippen MR) is 62.2 cm³/mol. The van der Waals surface area contributed by atoms with Gasteiger partial charge in [-0.3, -0.25) is 4.79 Å². The number of hydrogen-bond acceptors (Lipinski definition) is 3. The van der Waals surface area contributed by atoms with Gasteiger partial charge in [0.05, 0.1) is 12.2 Å². The maximum absolute atomic E-state index is 12.2. The molecule has 17 heavy (non-hydrogen) atoms. The number of carbonyl (C=O) groups excluding carboxylic acids is 1. The van der Waals surface area contributed by atoms with Crippen molar-refractivity contribution in [2.24, 2.45) is 5.92 Å². The zero-order valence-corrected chi connectivity index (χ0v) is 9.96. The van der Waals surface area contributed by atoms with Gasteiger partial charge in [0.1, 0.15) is 0 Å². The molecule has 0 unspecified atom stereocenters. The molecule has 1 saturated heterocycles. The largest absolute Gasteiger partial charge is 0.338 e. The van der Waals surface area contributed by atoms with Crippen molar-refractivity contribution < 1.29 is 4.79 Å². The number of nitrogens with zero attached hydrogens (tertiary/aromatic N) is 4. The number of aromatic nitrogens is 3. The maximum Gasteiger partial charge on any atom is 0.225 e. The van der Waals surface area contributed by atoms with Gasteiger partial charge >= 0.3 is 0 Å². The molecule has 0 atom stereocenters. The first-order valence-electron chi connectivity index (χ1n) is 6.49. The standard InChI is InChI=1S/C12H18N4O/c17-12(10-4-2-1-3-5-10)15-8-11(9-15)16-7-6-13-14-16/h6-7,10-11H,1-5,8-9H2. The number of carbonyl (C=O) groups is 1. The minimum atomic E-state index is 0.292. The first-order chi connectivity index (χ1) is 8.34. The Kier molecular flexibility index (Phi) is 2.82. The van der Waals surface area contributed by atoms with Crippen LogP contribution in [0.1, 0.15) is 38.1 Å². The summed E-state index contributed by atoms with van der Waals surface area (Å²) < 4.78 is 1.85. The zero-order chi connectivity index (χ0) is 11.7. The Morgan fingerprint density at radius 2 is 1.94 bits per heavy atom. The highest BCUT2D eigenvalue weighted by Gasteiger charge is 2.35. The summed E-state index contributed by atoms with van der Waals surface area (Å²) in [6.07, 6.45) is 9.46. The van der Waals surface area contributed by atoms with Gasteiger partial charge in [-0.25, -0.2) is 4.68 Å². The predicted octanol–water partition coefficient (Wildman–Crippen LogP) is 1.24.